The molecule has 0 bridgehead atoms. The van der Waals surface area contributed by atoms with Gasteiger partial charge < -0.3 is 9.84 Å². The Hall–Kier alpha value is -1.96. The fourth-order valence-corrected chi connectivity index (χ4v) is 2.24. The van der Waals surface area contributed by atoms with Crippen LogP contribution in [0.1, 0.15) is 5.56 Å². The Labute approximate surface area is 105 Å². The Balaban J connectivity index is 2.94. The van der Waals surface area contributed by atoms with Crippen molar-refractivity contribution in [1.29, 1.82) is 0 Å². The highest BCUT2D eigenvalue weighted by atomic mass is 32.2. The van der Waals surface area contributed by atoms with Crippen molar-refractivity contribution in [2.24, 2.45) is 0 Å². The second-order valence-electron chi connectivity index (χ2n) is 3.42. The number of nitrogens with zero attached hydrogens (tertiary/aromatic N) is 1. The molecule has 0 aliphatic heterocycles. The van der Waals surface area contributed by atoms with E-state index in [1.165, 1.54) is 25.3 Å². The predicted octanol–water partition coefficient (Wildman–Crippen LogP) is 0.937. The maximum atomic E-state index is 11.4. The maximum absolute atomic E-state index is 11.4. The largest absolute Gasteiger partial charge is 0.496 e. The molecule has 0 heterocycles. The molecule has 0 aliphatic carbocycles. The first-order valence-corrected chi connectivity index (χ1v) is 6.30. The van der Waals surface area contributed by atoms with Crippen LogP contribution in [-0.2, 0) is 21.3 Å². The molecular weight excluding hydrogens is 262 g/mol. The van der Waals surface area contributed by atoms with Crippen LogP contribution in [0.25, 0.3) is 0 Å². The van der Waals surface area contributed by atoms with Gasteiger partial charge in [-0.15, -0.1) is 0 Å². The normalized spacial score (nSPS) is 11.8. The minimum atomic E-state index is -1.61. The van der Waals surface area contributed by atoms with E-state index in [1.807, 2.05) is 0 Å². The van der Waals surface area contributed by atoms with E-state index in [-0.39, 0.29) is 17.2 Å². The van der Waals surface area contributed by atoms with Gasteiger partial charge in [0.05, 0.1) is 18.1 Å². The van der Waals surface area contributed by atoms with Crippen LogP contribution in [-0.4, -0.2) is 33.1 Å². The van der Waals surface area contributed by atoms with Gasteiger partial charge in [-0.25, -0.2) is 0 Å². The SMILES string of the molecule is COc1cc(CS(=O)CC(=O)O)cc([N+](=O)[O-])c1. The number of aliphatic carboxylic acids is 1. The van der Waals surface area contributed by atoms with Crippen molar-refractivity contribution in [3.8, 4) is 5.75 Å². The van der Waals surface area contributed by atoms with Gasteiger partial charge in [0.25, 0.3) is 5.69 Å². The van der Waals surface area contributed by atoms with Crippen molar-refractivity contribution >= 4 is 22.5 Å². The number of hydrogen-bond acceptors (Lipinski definition) is 5. The van der Waals surface area contributed by atoms with Crippen LogP contribution in [0.5, 0.6) is 5.75 Å². The molecule has 0 fully saturated rings. The minimum Gasteiger partial charge on any atom is -0.496 e. The summed E-state index contributed by atoms with van der Waals surface area (Å²) >= 11 is 0. The third-order valence-electron chi connectivity index (χ3n) is 2.01. The number of non-ortho nitro benzene ring substituents is 1. The second kappa shape index (κ2) is 6.10. The molecule has 1 N–H and O–H groups in total. The third-order valence-corrected chi connectivity index (χ3v) is 3.23. The standard InChI is InChI=1S/C10H11NO6S/c1-17-9-3-7(2-8(4-9)11(14)15)5-18(16)6-10(12)13/h2-4H,5-6H2,1H3,(H,12,13). The van der Waals surface area contributed by atoms with Crippen LogP contribution in [0.2, 0.25) is 0 Å². The molecule has 18 heavy (non-hydrogen) atoms. The molecule has 8 heteroatoms. The van der Waals surface area contributed by atoms with Crippen LogP contribution in [0.4, 0.5) is 5.69 Å². The van der Waals surface area contributed by atoms with Gasteiger partial charge in [0.1, 0.15) is 11.5 Å². The molecule has 1 rings (SSSR count). The topological polar surface area (TPSA) is 107 Å². The van der Waals surface area contributed by atoms with Gasteiger partial charge in [-0.3, -0.25) is 19.1 Å². The third kappa shape index (κ3) is 4.13. The number of carboxylic acid groups (broad SMARTS) is 1. The van der Waals surface area contributed by atoms with Crippen molar-refractivity contribution in [1.82, 2.24) is 0 Å². The summed E-state index contributed by atoms with van der Waals surface area (Å²) in [4.78, 5) is 20.4. The van der Waals surface area contributed by atoms with Gasteiger partial charge in [-0.05, 0) is 11.6 Å². The summed E-state index contributed by atoms with van der Waals surface area (Å²) in [7, 11) is -0.252. The first kappa shape index (κ1) is 14.1. The van der Waals surface area contributed by atoms with Crippen molar-refractivity contribution in [2.75, 3.05) is 12.9 Å². The Morgan fingerprint density at radius 3 is 2.67 bits per heavy atom. The predicted molar refractivity (Wildman–Crippen MR) is 64.0 cm³/mol. The summed E-state index contributed by atoms with van der Waals surface area (Å²) < 4.78 is 16.3. The monoisotopic (exact) mass is 273 g/mol. The van der Waals surface area contributed by atoms with Gasteiger partial charge in [-0.1, -0.05) is 0 Å². The highest BCUT2D eigenvalue weighted by Gasteiger charge is 2.13. The number of ether oxygens (including phenoxy) is 1. The van der Waals surface area contributed by atoms with Gasteiger partial charge in [0.2, 0.25) is 0 Å². The molecule has 0 spiro atoms. The zero-order valence-electron chi connectivity index (χ0n) is 9.49. The van der Waals surface area contributed by atoms with Crippen LogP contribution < -0.4 is 4.74 Å². The summed E-state index contributed by atoms with van der Waals surface area (Å²) in [5.41, 5.74) is 0.220. The molecule has 0 amide bonds. The van der Waals surface area contributed by atoms with Crippen molar-refractivity contribution in [3.05, 3.63) is 33.9 Å². The Morgan fingerprint density at radius 2 is 2.17 bits per heavy atom. The highest BCUT2D eigenvalue weighted by Crippen LogP contribution is 2.23. The van der Waals surface area contributed by atoms with E-state index >= 15 is 0 Å². The van der Waals surface area contributed by atoms with E-state index in [4.69, 9.17) is 9.84 Å². The zero-order valence-corrected chi connectivity index (χ0v) is 10.3. The van der Waals surface area contributed by atoms with Crippen LogP contribution in [0, 0.1) is 10.1 Å². The fraction of sp³-hybridized carbons (Fsp3) is 0.300. The highest BCUT2D eigenvalue weighted by molar-refractivity contribution is 7.84. The van der Waals surface area contributed by atoms with Crippen molar-refractivity contribution in [3.63, 3.8) is 0 Å². The molecule has 98 valence electrons. The minimum absolute atomic E-state index is 0.0651. The number of nitro groups is 1. The zero-order chi connectivity index (χ0) is 13.7. The number of carboxylic acids is 1. The number of carbonyl (C=O) groups is 1. The molecule has 0 saturated heterocycles. The van der Waals surface area contributed by atoms with E-state index < -0.39 is 27.4 Å². The number of benzene rings is 1. The lowest BCUT2D eigenvalue weighted by Gasteiger charge is -2.04. The number of hydrogen-bond donors (Lipinski definition) is 1. The fourth-order valence-electron chi connectivity index (χ4n) is 1.32. The van der Waals surface area contributed by atoms with Gasteiger partial charge in [0, 0.05) is 22.6 Å². The van der Waals surface area contributed by atoms with Gasteiger partial charge >= 0.3 is 5.97 Å². The van der Waals surface area contributed by atoms with Gasteiger partial charge in [0.15, 0.2) is 0 Å². The smallest absolute Gasteiger partial charge is 0.316 e. The number of nitro benzene ring substituents is 1. The molecule has 0 aliphatic rings. The summed E-state index contributed by atoms with van der Waals surface area (Å²) in [6.07, 6.45) is 0. The molecule has 0 aromatic heterocycles. The van der Waals surface area contributed by atoms with E-state index in [9.17, 15) is 19.1 Å². The summed E-state index contributed by atoms with van der Waals surface area (Å²) in [6.45, 7) is 0. The Kier molecular flexibility index (Phi) is 4.78. The quantitative estimate of drug-likeness (QED) is 0.610. The lowest BCUT2D eigenvalue weighted by molar-refractivity contribution is -0.385. The van der Waals surface area contributed by atoms with E-state index in [2.05, 4.69) is 0 Å². The van der Waals surface area contributed by atoms with E-state index in [0.29, 0.717) is 5.56 Å². The average Bonchev–Trinajstić information content (AvgIpc) is 2.27. The van der Waals surface area contributed by atoms with E-state index in [0.717, 1.165) is 0 Å². The van der Waals surface area contributed by atoms with Crippen LogP contribution in [0.15, 0.2) is 18.2 Å². The first-order valence-electron chi connectivity index (χ1n) is 4.81. The molecule has 1 atom stereocenters. The molecule has 0 radical (unpaired) electrons. The lowest BCUT2D eigenvalue weighted by Crippen LogP contribution is -2.10. The van der Waals surface area contributed by atoms with Crippen LogP contribution in [0.3, 0.4) is 0 Å². The van der Waals surface area contributed by atoms with Crippen molar-refractivity contribution < 1.29 is 23.8 Å². The van der Waals surface area contributed by atoms with Gasteiger partial charge in [-0.2, -0.15) is 0 Å². The number of methoxy groups -OCH3 is 1. The Morgan fingerprint density at radius 1 is 1.50 bits per heavy atom. The molecule has 7 nitrogen and oxygen atoms in total. The maximum Gasteiger partial charge on any atom is 0.316 e. The summed E-state index contributed by atoms with van der Waals surface area (Å²) in [5, 5.41) is 19.1. The average molecular weight is 273 g/mol. The lowest BCUT2D eigenvalue weighted by atomic mass is 10.2. The Bertz CT molecular complexity index is 501. The molecule has 1 unspecified atom stereocenters. The first-order chi connectivity index (χ1) is 8.42. The second-order valence-corrected chi connectivity index (χ2v) is 4.88. The molecular formula is C10H11NO6S. The number of rotatable bonds is 6. The molecule has 0 saturated carbocycles. The summed E-state index contributed by atoms with van der Waals surface area (Å²) in [6, 6.07) is 3.98. The summed E-state index contributed by atoms with van der Waals surface area (Å²) in [5.74, 6) is -1.47. The van der Waals surface area contributed by atoms with Crippen molar-refractivity contribution in [2.45, 2.75) is 5.75 Å². The van der Waals surface area contributed by atoms with Crippen LogP contribution >= 0.6 is 0 Å². The van der Waals surface area contributed by atoms with E-state index in [1.54, 1.807) is 0 Å². The molecule has 1 aromatic rings. The molecule has 1 aromatic carbocycles.